The molecular weight excluding hydrogens is 388 g/mol. The Balaban J connectivity index is 1.42. The van der Waals surface area contributed by atoms with Crippen molar-refractivity contribution in [3.63, 3.8) is 0 Å². The lowest BCUT2D eigenvalue weighted by Gasteiger charge is -2.63. The summed E-state index contributed by atoms with van der Waals surface area (Å²) in [4.78, 5) is 5.17. The minimum Gasteiger partial charge on any atom is -0.393 e. The molecule has 31 heavy (non-hydrogen) atoms. The van der Waals surface area contributed by atoms with Gasteiger partial charge in [-0.2, -0.15) is 5.48 Å². The molecule has 4 rings (SSSR count). The Bertz CT molecular complexity index is 682. The van der Waals surface area contributed by atoms with Crippen molar-refractivity contribution in [3.8, 4) is 0 Å². The summed E-state index contributed by atoms with van der Waals surface area (Å²) in [5, 5.41) is 22.4. The van der Waals surface area contributed by atoms with E-state index in [1.807, 2.05) is 6.08 Å². The van der Waals surface area contributed by atoms with E-state index in [-0.39, 0.29) is 11.5 Å². The summed E-state index contributed by atoms with van der Waals surface area (Å²) in [6.45, 7) is 6.54. The van der Waals surface area contributed by atoms with Crippen molar-refractivity contribution in [2.75, 3.05) is 19.7 Å². The van der Waals surface area contributed by atoms with Gasteiger partial charge in [-0.05, 0) is 86.9 Å². The number of aliphatic hydroxyl groups excluding tert-OH is 1. The zero-order chi connectivity index (χ0) is 22.1. The van der Waals surface area contributed by atoms with Crippen LogP contribution in [0.2, 0.25) is 0 Å². The molecule has 0 aromatic heterocycles. The Labute approximate surface area is 188 Å². The molecule has 0 aromatic rings. The Morgan fingerprint density at radius 3 is 2.68 bits per heavy atom. The smallest absolute Gasteiger partial charge is 0.0804 e. The summed E-state index contributed by atoms with van der Waals surface area (Å²) < 4.78 is 0. The number of hydrogen-bond acceptors (Lipinski definition) is 5. The average molecular weight is 433 g/mol. The van der Waals surface area contributed by atoms with Crippen molar-refractivity contribution in [3.05, 3.63) is 24.3 Å². The van der Waals surface area contributed by atoms with E-state index in [4.69, 9.17) is 10.6 Å². The molecule has 8 atom stereocenters. The van der Waals surface area contributed by atoms with Crippen LogP contribution in [-0.2, 0) is 4.84 Å². The van der Waals surface area contributed by atoms with E-state index >= 15 is 0 Å². The molecule has 5 N–H and O–H groups in total. The summed E-state index contributed by atoms with van der Waals surface area (Å²) in [7, 11) is 0. The SMILES string of the molecule is C[C@]12CCC(O)CC1CC[C@@H]1[C@H]2CC[C@]2(C)C(C=CC=CCNOCCN)CC[C@@]12O. The van der Waals surface area contributed by atoms with Crippen LogP contribution in [0.25, 0.3) is 0 Å². The third-order valence-corrected chi connectivity index (χ3v) is 10.0. The summed E-state index contributed by atoms with van der Waals surface area (Å²) >= 11 is 0. The van der Waals surface area contributed by atoms with E-state index in [9.17, 15) is 10.2 Å². The lowest BCUT2D eigenvalue weighted by Crippen LogP contribution is -2.62. The normalized spacial score (nSPS) is 47.5. The van der Waals surface area contributed by atoms with Gasteiger partial charge < -0.3 is 20.8 Å². The minimum atomic E-state index is -0.545. The predicted molar refractivity (Wildman–Crippen MR) is 124 cm³/mol. The van der Waals surface area contributed by atoms with Crippen molar-refractivity contribution in [2.24, 2.45) is 40.2 Å². The van der Waals surface area contributed by atoms with Gasteiger partial charge in [0.05, 0.1) is 18.3 Å². The lowest BCUT2D eigenvalue weighted by molar-refractivity contribution is -0.207. The molecule has 0 bridgehead atoms. The van der Waals surface area contributed by atoms with Crippen molar-refractivity contribution >= 4 is 0 Å². The van der Waals surface area contributed by atoms with Crippen molar-refractivity contribution in [1.82, 2.24) is 5.48 Å². The van der Waals surface area contributed by atoms with Crippen LogP contribution in [0.1, 0.15) is 71.6 Å². The maximum absolute atomic E-state index is 12.2. The van der Waals surface area contributed by atoms with E-state index in [1.165, 1.54) is 12.8 Å². The second-order valence-electron chi connectivity index (χ2n) is 11.2. The summed E-state index contributed by atoms with van der Waals surface area (Å²) in [6, 6.07) is 0. The minimum absolute atomic E-state index is 0.0294. The summed E-state index contributed by atoms with van der Waals surface area (Å²) in [6.07, 6.45) is 18.2. The van der Waals surface area contributed by atoms with Crippen molar-refractivity contribution in [2.45, 2.75) is 83.3 Å². The van der Waals surface area contributed by atoms with Crippen LogP contribution >= 0.6 is 0 Å². The van der Waals surface area contributed by atoms with Gasteiger partial charge in [-0.25, -0.2) is 0 Å². The molecule has 4 saturated carbocycles. The Morgan fingerprint density at radius 2 is 1.87 bits per heavy atom. The van der Waals surface area contributed by atoms with E-state index in [1.54, 1.807) is 0 Å². The monoisotopic (exact) mass is 432 g/mol. The highest BCUT2D eigenvalue weighted by molar-refractivity contribution is 5.20. The highest BCUT2D eigenvalue weighted by Gasteiger charge is 2.66. The van der Waals surface area contributed by atoms with E-state index in [0.29, 0.717) is 48.8 Å². The topological polar surface area (TPSA) is 87.7 Å². The van der Waals surface area contributed by atoms with Gasteiger partial charge in [0.1, 0.15) is 0 Å². The highest BCUT2D eigenvalue weighted by atomic mass is 16.6. The van der Waals surface area contributed by atoms with Crippen LogP contribution in [0.4, 0.5) is 0 Å². The second kappa shape index (κ2) is 9.26. The van der Waals surface area contributed by atoms with Crippen LogP contribution in [0.15, 0.2) is 24.3 Å². The number of aliphatic hydroxyl groups is 2. The largest absolute Gasteiger partial charge is 0.393 e. The molecular formula is C26H44N2O3. The third kappa shape index (κ3) is 4.06. The first-order valence-corrected chi connectivity index (χ1v) is 12.6. The number of nitrogens with one attached hydrogen (secondary N) is 1. The molecule has 0 saturated heterocycles. The first kappa shape index (κ1) is 23.4. The molecule has 0 amide bonds. The number of allylic oxidation sites excluding steroid dienone is 3. The lowest BCUT2D eigenvalue weighted by atomic mass is 9.43. The fourth-order valence-electron chi connectivity index (χ4n) is 8.14. The fraction of sp³-hybridized carbons (Fsp3) is 0.846. The summed E-state index contributed by atoms with van der Waals surface area (Å²) in [5.41, 5.74) is 8.00. The molecule has 5 heteroatoms. The molecule has 0 aromatic carbocycles. The van der Waals surface area contributed by atoms with Crippen LogP contribution in [0, 0.1) is 34.5 Å². The van der Waals surface area contributed by atoms with E-state index < -0.39 is 5.60 Å². The molecule has 4 aliphatic carbocycles. The standard InChI is InChI=1S/C26H44N2O3/c1-24-12-10-21(29)18-20(24)7-8-23-22(24)11-13-25(2)19(9-14-26(23,25)30)6-4-3-5-16-28-31-17-15-27/h3-6,19-23,28-30H,7-18,27H2,1-2H3/t19?,20?,21?,22-,23-,24+,25-,26-/m1/s1. The van der Waals surface area contributed by atoms with Gasteiger partial charge in [0, 0.05) is 18.5 Å². The number of hydrogen-bond donors (Lipinski definition) is 4. The number of hydroxylamine groups is 1. The van der Waals surface area contributed by atoms with Crippen molar-refractivity contribution < 1.29 is 15.1 Å². The van der Waals surface area contributed by atoms with Gasteiger partial charge in [0.15, 0.2) is 0 Å². The van der Waals surface area contributed by atoms with Gasteiger partial charge in [-0.1, -0.05) is 38.2 Å². The van der Waals surface area contributed by atoms with Crippen LogP contribution in [0.5, 0.6) is 0 Å². The third-order valence-electron chi connectivity index (χ3n) is 10.0. The van der Waals surface area contributed by atoms with E-state index in [0.717, 1.165) is 44.9 Å². The first-order chi connectivity index (χ1) is 14.8. The van der Waals surface area contributed by atoms with Gasteiger partial charge in [-0.15, -0.1) is 0 Å². The molecule has 0 radical (unpaired) electrons. The van der Waals surface area contributed by atoms with E-state index in [2.05, 4.69) is 37.6 Å². The van der Waals surface area contributed by atoms with Gasteiger partial charge in [0.2, 0.25) is 0 Å². The average Bonchev–Trinajstić information content (AvgIpc) is 3.01. The predicted octanol–water partition coefficient (Wildman–Crippen LogP) is 3.71. The molecule has 5 nitrogen and oxygen atoms in total. The zero-order valence-corrected chi connectivity index (χ0v) is 19.6. The number of fused-ring (bicyclic) bond motifs is 5. The van der Waals surface area contributed by atoms with Crippen molar-refractivity contribution in [1.29, 1.82) is 0 Å². The first-order valence-electron chi connectivity index (χ1n) is 12.6. The van der Waals surface area contributed by atoms with Crippen LogP contribution in [0.3, 0.4) is 0 Å². The van der Waals surface area contributed by atoms with Crippen LogP contribution < -0.4 is 11.2 Å². The Hall–Kier alpha value is -0.720. The maximum Gasteiger partial charge on any atom is 0.0804 e. The zero-order valence-electron chi connectivity index (χ0n) is 19.6. The highest BCUT2D eigenvalue weighted by Crippen LogP contribution is 2.69. The second-order valence-corrected chi connectivity index (χ2v) is 11.2. The molecule has 4 aliphatic rings. The molecule has 3 unspecified atom stereocenters. The van der Waals surface area contributed by atoms with Crippen LogP contribution in [-0.4, -0.2) is 41.6 Å². The quantitative estimate of drug-likeness (QED) is 0.280. The maximum atomic E-state index is 12.2. The Morgan fingerprint density at radius 1 is 1.03 bits per heavy atom. The molecule has 0 heterocycles. The van der Waals surface area contributed by atoms with Gasteiger partial charge in [-0.3, -0.25) is 0 Å². The number of rotatable bonds is 7. The summed E-state index contributed by atoms with van der Waals surface area (Å²) in [5.74, 6) is 2.10. The molecule has 176 valence electrons. The van der Waals surface area contributed by atoms with Gasteiger partial charge in [0.25, 0.3) is 0 Å². The molecule has 0 spiro atoms. The molecule has 4 fully saturated rings. The molecule has 0 aliphatic heterocycles. The Kier molecular flexibility index (Phi) is 7.00. The number of nitrogens with two attached hydrogens (primary N) is 1. The fourth-order valence-corrected chi connectivity index (χ4v) is 8.14. The van der Waals surface area contributed by atoms with Gasteiger partial charge >= 0.3 is 0 Å².